The lowest BCUT2D eigenvalue weighted by Crippen LogP contribution is -1.97. The van der Waals surface area contributed by atoms with Gasteiger partial charge in [-0.15, -0.1) is 0 Å². The van der Waals surface area contributed by atoms with Gasteiger partial charge in [-0.1, -0.05) is 0 Å². The maximum absolute atomic E-state index is 13.3. The summed E-state index contributed by atoms with van der Waals surface area (Å²) in [5, 5.41) is 11.8. The first kappa shape index (κ1) is 12.9. The molecule has 0 aliphatic rings. The van der Waals surface area contributed by atoms with E-state index >= 15 is 0 Å². The van der Waals surface area contributed by atoms with Crippen molar-refractivity contribution in [1.82, 2.24) is 0 Å². The summed E-state index contributed by atoms with van der Waals surface area (Å²) in [5.41, 5.74) is 1.39. The van der Waals surface area contributed by atoms with Crippen molar-refractivity contribution in [3.05, 3.63) is 53.8 Å². The zero-order valence-corrected chi connectivity index (χ0v) is 10.2. The highest BCUT2D eigenvalue weighted by Crippen LogP contribution is 2.23. The molecule has 0 saturated carbocycles. The molecule has 2 N–H and O–H groups in total. The second-order valence-corrected chi connectivity index (χ2v) is 3.89. The third kappa shape index (κ3) is 3.22. The molecule has 0 amide bonds. The van der Waals surface area contributed by atoms with Crippen molar-refractivity contribution in [3.63, 3.8) is 0 Å². The average Bonchev–Trinajstić information content (AvgIpc) is 2.38. The number of carbonyl (C=O) groups is 1. The Bertz CT molecular complexity index is 596. The van der Waals surface area contributed by atoms with Crippen molar-refractivity contribution in [2.75, 3.05) is 12.4 Å². The van der Waals surface area contributed by atoms with Crippen LogP contribution in [0.3, 0.4) is 0 Å². The third-order valence-electron chi connectivity index (χ3n) is 2.53. The van der Waals surface area contributed by atoms with E-state index in [1.807, 2.05) is 0 Å². The number of nitrogens with one attached hydrogen (secondary N) is 1. The summed E-state index contributed by atoms with van der Waals surface area (Å²) in [7, 11) is 1.46. The lowest BCUT2D eigenvalue weighted by atomic mass is 10.2. The number of rotatable bonds is 4. The molecule has 19 heavy (non-hydrogen) atoms. The third-order valence-corrected chi connectivity index (χ3v) is 2.53. The summed E-state index contributed by atoms with van der Waals surface area (Å²) in [5.74, 6) is -0.993. The molecule has 5 heteroatoms. The molecule has 98 valence electrons. The van der Waals surface area contributed by atoms with E-state index in [1.165, 1.54) is 31.4 Å². The van der Waals surface area contributed by atoms with Gasteiger partial charge in [-0.25, -0.2) is 9.18 Å². The molecule has 0 aliphatic carbocycles. The number of aromatic carboxylic acids is 1. The molecule has 0 saturated heterocycles. The molecular weight excluding hydrogens is 249 g/mol. The fourth-order valence-electron chi connectivity index (χ4n) is 1.62. The van der Waals surface area contributed by atoms with Gasteiger partial charge in [-0.2, -0.15) is 0 Å². The van der Waals surface area contributed by atoms with Gasteiger partial charge in [0.05, 0.1) is 12.7 Å². The second kappa shape index (κ2) is 5.39. The molecule has 4 nitrogen and oxygen atoms in total. The van der Waals surface area contributed by atoms with Gasteiger partial charge in [0.15, 0.2) is 0 Å². The van der Waals surface area contributed by atoms with Crippen LogP contribution in [0.5, 0.6) is 5.75 Å². The fraction of sp³-hybridized carbons (Fsp3) is 0.0714. The average molecular weight is 261 g/mol. The topological polar surface area (TPSA) is 58.6 Å². The molecule has 0 aliphatic heterocycles. The number of hydrogen-bond donors (Lipinski definition) is 2. The Morgan fingerprint density at radius 2 is 1.84 bits per heavy atom. The highest BCUT2D eigenvalue weighted by Gasteiger charge is 2.04. The Morgan fingerprint density at radius 1 is 1.16 bits per heavy atom. The number of carboxylic acid groups (broad SMARTS) is 1. The molecule has 0 heterocycles. The molecule has 2 aromatic rings. The van der Waals surface area contributed by atoms with Crippen molar-refractivity contribution in [3.8, 4) is 5.75 Å². The normalized spacial score (nSPS) is 10.0. The van der Waals surface area contributed by atoms with Gasteiger partial charge >= 0.3 is 5.97 Å². The Balaban J connectivity index is 2.21. The van der Waals surface area contributed by atoms with Crippen molar-refractivity contribution >= 4 is 17.3 Å². The lowest BCUT2D eigenvalue weighted by molar-refractivity contribution is 0.0697. The smallest absolute Gasteiger partial charge is 0.335 e. The summed E-state index contributed by atoms with van der Waals surface area (Å²) in [6, 6.07) is 10.4. The Hall–Kier alpha value is -2.56. The zero-order valence-electron chi connectivity index (χ0n) is 10.2. The van der Waals surface area contributed by atoms with Gasteiger partial charge < -0.3 is 15.2 Å². The van der Waals surface area contributed by atoms with Crippen LogP contribution in [0, 0.1) is 5.82 Å². The highest BCUT2D eigenvalue weighted by molar-refractivity contribution is 5.88. The molecular formula is C14H12FNO3. The number of carboxylic acids is 1. The summed E-state index contributed by atoms with van der Waals surface area (Å²) >= 11 is 0. The first-order valence-electron chi connectivity index (χ1n) is 5.53. The van der Waals surface area contributed by atoms with E-state index in [1.54, 1.807) is 18.2 Å². The van der Waals surface area contributed by atoms with Crippen LogP contribution in [0.15, 0.2) is 42.5 Å². The predicted molar refractivity (Wildman–Crippen MR) is 69.6 cm³/mol. The van der Waals surface area contributed by atoms with E-state index in [9.17, 15) is 9.18 Å². The Morgan fingerprint density at radius 3 is 2.42 bits per heavy atom. The molecule has 0 fully saturated rings. The molecule has 0 bridgehead atoms. The molecule has 0 atom stereocenters. The van der Waals surface area contributed by atoms with Crippen LogP contribution >= 0.6 is 0 Å². The largest absolute Gasteiger partial charge is 0.497 e. The van der Waals surface area contributed by atoms with E-state index in [4.69, 9.17) is 9.84 Å². The van der Waals surface area contributed by atoms with Gasteiger partial charge in [-0.3, -0.25) is 0 Å². The van der Waals surface area contributed by atoms with Crippen LogP contribution in [-0.2, 0) is 0 Å². The van der Waals surface area contributed by atoms with Gasteiger partial charge in [0.2, 0.25) is 0 Å². The van der Waals surface area contributed by atoms with Crippen molar-refractivity contribution in [2.24, 2.45) is 0 Å². The molecule has 0 radical (unpaired) electrons. The number of ether oxygens (including phenoxy) is 1. The quantitative estimate of drug-likeness (QED) is 0.886. The minimum Gasteiger partial charge on any atom is -0.497 e. The van der Waals surface area contributed by atoms with Gasteiger partial charge in [0, 0.05) is 23.5 Å². The number of methoxy groups -OCH3 is 1. The minimum absolute atomic E-state index is 0.197. The standard InChI is InChI=1S/C14H12FNO3/c1-19-13-7-10(15)6-12(8-13)16-11-4-2-9(3-5-11)14(17)18/h2-8,16H,1H3,(H,17,18). The van der Waals surface area contributed by atoms with E-state index in [0.717, 1.165) is 0 Å². The van der Waals surface area contributed by atoms with Crippen LogP contribution in [0.2, 0.25) is 0 Å². The van der Waals surface area contributed by atoms with Crippen LogP contribution in [0.1, 0.15) is 10.4 Å². The Kier molecular flexibility index (Phi) is 3.66. The van der Waals surface area contributed by atoms with E-state index < -0.39 is 11.8 Å². The van der Waals surface area contributed by atoms with Crippen LogP contribution < -0.4 is 10.1 Å². The highest BCUT2D eigenvalue weighted by atomic mass is 19.1. The number of hydrogen-bond acceptors (Lipinski definition) is 3. The monoisotopic (exact) mass is 261 g/mol. The van der Waals surface area contributed by atoms with E-state index in [0.29, 0.717) is 17.1 Å². The maximum Gasteiger partial charge on any atom is 0.335 e. The number of halogens is 1. The SMILES string of the molecule is COc1cc(F)cc(Nc2ccc(C(=O)O)cc2)c1. The summed E-state index contributed by atoms with van der Waals surface area (Å²) in [6.07, 6.45) is 0. The zero-order chi connectivity index (χ0) is 13.8. The van der Waals surface area contributed by atoms with E-state index in [2.05, 4.69) is 5.32 Å². The number of benzene rings is 2. The summed E-state index contributed by atoms with van der Waals surface area (Å²) in [6.45, 7) is 0. The lowest BCUT2D eigenvalue weighted by Gasteiger charge is -2.08. The van der Waals surface area contributed by atoms with Crippen LogP contribution in [0.4, 0.5) is 15.8 Å². The maximum atomic E-state index is 13.3. The second-order valence-electron chi connectivity index (χ2n) is 3.89. The summed E-state index contributed by atoms with van der Waals surface area (Å²) in [4.78, 5) is 10.7. The van der Waals surface area contributed by atoms with Gasteiger partial charge in [-0.05, 0) is 30.3 Å². The molecule has 0 spiro atoms. The van der Waals surface area contributed by atoms with Crippen molar-refractivity contribution < 1.29 is 19.0 Å². The molecule has 2 rings (SSSR count). The minimum atomic E-state index is -0.987. The molecule has 2 aromatic carbocycles. The molecule has 0 aromatic heterocycles. The first-order valence-corrected chi connectivity index (χ1v) is 5.53. The van der Waals surface area contributed by atoms with Crippen LogP contribution in [0.25, 0.3) is 0 Å². The van der Waals surface area contributed by atoms with Crippen LogP contribution in [-0.4, -0.2) is 18.2 Å². The van der Waals surface area contributed by atoms with Crippen molar-refractivity contribution in [1.29, 1.82) is 0 Å². The van der Waals surface area contributed by atoms with Gasteiger partial charge in [0.25, 0.3) is 0 Å². The predicted octanol–water partition coefficient (Wildman–Crippen LogP) is 3.28. The van der Waals surface area contributed by atoms with E-state index in [-0.39, 0.29) is 5.56 Å². The Labute approximate surface area is 109 Å². The summed E-state index contributed by atoms with van der Waals surface area (Å²) < 4.78 is 18.3. The first-order chi connectivity index (χ1) is 9.08. The van der Waals surface area contributed by atoms with Gasteiger partial charge in [0.1, 0.15) is 11.6 Å². The number of anilines is 2. The van der Waals surface area contributed by atoms with Crippen molar-refractivity contribution in [2.45, 2.75) is 0 Å². The molecule has 0 unspecified atom stereocenters. The fourth-order valence-corrected chi connectivity index (χ4v) is 1.62.